The molecule has 0 aromatic carbocycles. The number of amides is 1. The van der Waals surface area contributed by atoms with E-state index in [2.05, 4.69) is 30.2 Å². The number of alkyl halides is 1. The fourth-order valence-electron chi connectivity index (χ4n) is 3.79. The zero-order chi connectivity index (χ0) is 28.2. The van der Waals surface area contributed by atoms with Crippen LogP contribution in [0.1, 0.15) is 32.2 Å². The number of hydrogen-bond donors (Lipinski definition) is 1. The molecule has 0 spiro atoms. The molecule has 3 aromatic rings. The van der Waals surface area contributed by atoms with E-state index in [0.29, 0.717) is 29.1 Å². The van der Waals surface area contributed by atoms with E-state index in [1.807, 2.05) is 25.9 Å². The Labute approximate surface area is 231 Å². The molecule has 1 aliphatic heterocycles. The maximum atomic E-state index is 14.5. The van der Waals surface area contributed by atoms with Crippen molar-refractivity contribution in [2.24, 2.45) is 4.99 Å². The lowest BCUT2D eigenvalue weighted by molar-refractivity contribution is 0.0124. The molecule has 0 radical (unpaired) electrons. The Morgan fingerprint density at radius 1 is 1.23 bits per heavy atom. The maximum Gasteiger partial charge on any atom is 0.410 e. The molecule has 3 aromatic heterocycles. The van der Waals surface area contributed by atoms with Crippen LogP contribution in [0.3, 0.4) is 0 Å². The van der Waals surface area contributed by atoms with Crippen molar-refractivity contribution >= 4 is 35.5 Å². The van der Waals surface area contributed by atoms with Gasteiger partial charge in [-0.2, -0.15) is 0 Å². The van der Waals surface area contributed by atoms with Crippen molar-refractivity contribution in [1.29, 1.82) is 0 Å². The van der Waals surface area contributed by atoms with Crippen LogP contribution in [0.15, 0.2) is 35.6 Å². The number of anilines is 1. The standard InChI is InChI=1S/C26H33FN8O3S/c1-16-31-23(37-19-7-8-21(29-12-19)30-15-34(5)6)22(39-16)20-9-10-28-24(33-20)32-18-11-17(27)13-35(14-18)25(36)38-26(2,3)4/h7-10,12,15,17-18H,11,13-14H2,1-6H3,(H,28,32,33)/t17-,18-/m0/s1. The number of likely N-dealkylation sites (tertiary alicyclic amines) is 1. The molecule has 4 rings (SSSR count). The Morgan fingerprint density at radius 2 is 2.03 bits per heavy atom. The molecule has 2 atom stereocenters. The summed E-state index contributed by atoms with van der Waals surface area (Å²) in [6, 6.07) is 4.90. The Kier molecular flexibility index (Phi) is 8.58. The lowest BCUT2D eigenvalue weighted by atomic mass is 10.0. The van der Waals surface area contributed by atoms with Crippen LogP contribution in [0.25, 0.3) is 10.6 Å². The summed E-state index contributed by atoms with van der Waals surface area (Å²) in [5, 5.41) is 3.98. The number of piperidine rings is 1. The first-order chi connectivity index (χ1) is 18.4. The summed E-state index contributed by atoms with van der Waals surface area (Å²) in [6.45, 7) is 7.49. The topological polar surface area (TPSA) is 118 Å². The number of ether oxygens (including phenoxy) is 2. The SMILES string of the molecule is Cc1nc(Oc2ccc(N=CN(C)C)nc2)c(-c2ccnc(N[C@H]3C[C@H](F)CN(C(=O)OC(C)(C)C)C3)n2)s1. The summed E-state index contributed by atoms with van der Waals surface area (Å²) in [5.41, 5.74) is -0.0595. The van der Waals surface area contributed by atoms with E-state index < -0.39 is 17.9 Å². The van der Waals surface area contributed by atoms with Crippen LogP contribution in [0.4, 0.5) is 21.0 Å². The molecular formula is C26H33FN8O3S. The molecule has 1 fully saturated rings. The first-order valence-corrected chi connectivity index (χ1v) is 13.3. The smallest absolute Gasteiger partial charge is 0.410 e. The minimum Gasteiger partial charge on any atom is -0.444 e. The molecule has 11 nitrogen and oxygen atoms in total. The normalized spacial score (nSPS) is 17.8. The summed E-state index contributed by atoms with van der Waals surface area (Å²) >= 11 is 1.43. The van der Waals surface area contributed by atoms with E-state index in [1.54, 1.807) is 57.7 Å². The molecule has 1 aliphatic rings. The van der Waals surface area contributed by atoms with Crippen LogP contribution >= 0.6 is 11.3 Å². The fourth-order valence-corrected chi connectivity index (χ4v) is 4.61. The lowest BCUT2D eigenvalue weighted by Crippen LogP contribution is -2.51. The summed E-state index contributed by atoms with van der Waals surface area (Å²) in [5.74, 6) is 1.78. The summed E-state index contributed by atoms with van der Waals surface area (Å²) in [7, 11) is 3.76. The second-order valence-electron chi connectivity index (χ2n) is 10.4. The monoisotopic (exact) mass is 556 g/mol. The van der Waals surface area contributed by atoms with Gasteiger partial charge in [-0.3, -0.25) is 0 Å². The molecule has 0 saturated carbocycles. The van der Waals surface area contributed by atoms with Crippen molar-refractivity contribution in [1.82, 2.24) is 29.7 Å². The molecule has 1 N–H and O–H groups in total. The lowest BCUT2D eigenvalue weighted by Gasteiger charge is -2.36. The molecule has 0 unspecified atom stereocenters. The van der Waals surface area contributed by atoms with Gasteiger partial charge in [0.25, 0.3) is 0 Å². The van der Waals surface area contributed by atoms with E-state index in [1.165, 1.54) is 16.2 Å². The number of halogens is 1. The fraction of sp³-hybridized carbons (Fsp3) is 0.462. The molecule has 1 amide bonds. The number of carbonyl (C=O) groups is 1. The first kappa shape index (κ1) is 28.1. The maximum absolute atomic E-state index is 14.5. The highest BCUT2D eigenvalue weighted by Gasteiger charge is 2.33. The third-order valence-electron chi connectivity index (χ3n) is 5.33. The van der Waals surface area contributed by atoms with E-state index in [0.717, 1.165) is 9.88 Å². The second-order valence-corrected chi connectivity index (χ2v) is 11.6. The van der Waals surface area contributed by atoms with Crippen LogP contribution in [0.2, 0.25) is 0 Å². The van der Waals surface area contributed by atoms with Crippen molar-refractivity contribution in [3.05, 3.63) is 35.6 Å². The first-order valence-electron chi connectivity index (χ1n) is 12.5. The van der Waals surface area contributed by atoms with Gasteiger partial charge in [-0.1, -0.05) is 0 Å². The number of thiazole rings is 1. The highest BCUT2D eigenvalue weighted by molar-refractivity contribution is 7.15. The Balaban J connectivity index is 1.47. The van der Waals surface area contributed by atoms with Gasteiger partial charge in [-0.25, -0.2) is 34.1 Å². The minimum absolute atomic E-state index is 0.00727. The van der Waals surface area contributed by atoms with Gasteiger partial charge in [0.15, 0.2) is 5.82 Å². The zero-order valence-electron chi connectivity index (χ0n) is 22.9. The second kappa shape index (κ2) is 11.9. The predicted octanol–water partition coefficient (Wildman–Crippen LogP) is 5.08. The van der Waals surface area contributed by atoms with Gasteiger partial charge in [-0.05, 0) is 45.9 Å². The van der Waals surface area contributed by atoms with Crippen molar-refractivity contribution < 1.29 is 18.7 Å². The molecule has 1 saturated heterocycles. The average Bonchev–Trinajstić information content (AvgIpc) is 3.22. The number of aliphatic imine (C=N–C) groups is 1. The molecule has 4 heterocycles. The van der Waals surface area contributed by atoms with Gasteiger partial charge in [0.2, 0.25) is 11.8 Å². The number of hydrogen-bond acceptors (Lipinski definition) is 10. The number of carbonyl (C=O) groups excluding carboxylic acids is 1. The van der Waals surface area contributed by atoms with E-state index in [9.17, 15) is 9.18 Å². The van der Waals surface area contributed by atoms with E-state index >= 15 is 0 Å². The quantitative estimate of drug-likeness (QED) is 0.314. The zero-order valence-corrected chi connectivity index (χ0v) is 23.7. The van der Waals surface area contributed by atoms with Crippen LogP contribution in [0.5, 0.6) is 11.6 Å². The van der Waals surface area contributed by atoms with Gasteiger partial charge in [-0.15, -0.1) is 11.3 Å². The number of nitrogens with one attached hydrogen (secondary N) is 1. The average molecular weight is 557 g/mol. The van der Waals surface area contributed by atoms with Gasteiger partial charge in [0.05, 0.1) is 29.8 Å². The van der Waals surface area contributed by atoms with E-state index in [4.69, 9.17) is 9.47 Å². The molecule has 208 valence electrons. The van der Waals surface area contributed by atoms with Gasteiger partial charge < -0.3 is 24.6 Å². The molecule has 39 heavy (non-hydrogen) atoms. The number of aromatic nitrogens is 4. The third kappa shape index (κ3) is 8.06. The Morgan fingerprint density at radius 3 is 2.72 bits per heavy atom. The van der Waals surface area contributed by atoms with Crippen LogP contribution in [-0.2, 0) is 4.74 Å². The minimum atomic E-state index is -1.19. The molecule has 13 heteroatoms. The Bertz CT molecular complexity index is 1310. The largest absolute Gasteiger partial charge is 0.444 e. The van der Waals surface area contributed by atoms with Crippen LogP contribution in [0, 0.1) is 6.92 Å². The Hall–Kier alpha value is -3.87. The summed E-state index contributed by atoms with van der Waals surface area (Å²) < 4.78 is 26.0. The number of aryl methyl sites for hydroxylation is 1. The molecule has 0 aliphatic carbocycles. The van der Waals surface area contributed by atoms with Gasteiger partial charge in [0.1, 0.15) is 22.4 Å². The number of pyridine rings is 1. The van der Waals surface area contributed by atoms with Crippen molar-refractivity contribution in [3.63, 3.8) is 0 Å². The van der Waals surface area contributed by atoms with Gasteiger partial charge in [0, 0.05) is 39.3 Å². The van der Waals surface area contributed by atoms with Crippen LogP contribution in [-0.4, -0.2) is 87.2 Å². The van der Waals surface area contributed by atoms with Crippen LogP contribution < -0.4 is 10.1 Å². The van der Waals surface area contributed by atoms with Crippen molar-refractivity contribution in [2.75, 3.05) is 32.5 Å². The number of rotatable bonds is 7. The highest BCUT2D eigenvalue weighted by Crippen LogP contribution is 2.37. The highest BCUT2D eigenvalue weighted by atomic mass is 32.1. The summed E-state index contributed by atoms with van der Waals surface area (Å²) in [6.07, 6.45) is 3.36. The predicted molar refractivity (Wildman–Crippen MR) is 149 cm³/mol. The summed E-state index contributed by atoms with van der Waals surface area (Å²) in [4.78, 5) is 38.5. The molecule has 0 bridgehead atoms. The third-order valence-corrected chi connectivity index (χ3v) is 6.31. The van der Waals surface area contributed by atoms with Crippen molar-refractivity contribution in [3.8, 4) is 22.2 Å². The number of nitrogens with zero attached hydrogens (tertiary/aromatic N) is 7. The van der Waals surface area contributed by atoms with Crippen molar-refractivity contribution in [2.45, 2.75) is 51.9 Å². The van der Waals surface area contributed by atoms with E-state index in [-0.39, 0.29) is 25.6 Å². The van der Waals surface area contributed by atoms with Gasteiger partial charge >= 0.3 is 6.09 Å². The molecular weight excluding hydrogens is 523 g/mol.